The zero-order valence-corrected chi connectivity index (χ0v) is 25.9. The molecule has 4 rings (SSSR count). The lowest BCUT2D eigenvalue weighted by atomic mass is 9.60. The van der Waals surface area contributed by atoms with Crippen LogP contribution >= 0.6 is 0 Å². The van der Waals surface area contributed by atoms with Crippen LogP contribution in [-0.2, 0) is 22.9 Å². The summed E-state index contributed by atoms with van der Waals surface area (Å²) in [5.74, 6) is 0.501. The summed E-state index contributed by atoms with van der Waals surface area (Å²) in [5, 5.41) is 20.0. The van der Waals surface area contributed by atoms with Gasteiger partial charge in [-0.15, -0.1) is 0 Å². The summed E-state index contributed by atoms with van der Waals surface area (Å²) in [5.41, 5.74) is 10.9. The predicted molar refractivity (Wildman–Crippen MR) is 169 cm³/mol. The Morgan fingerprint density at radius 1 is 1.28 bits per heavy atom. The number of nitrogens with one attached hydrogen (secondary N) is 2. The van der Waals surface area contributed by atoms with Gasteiger partial charge in [0.15, 0.2) is 0 Å². The molecule has 1 aliphatic heterocycles. The highest BCUT2D eigenvalue weighted by molar-refractivity contribution is 7.93. The molecule has 0 unspecified atom stereocenters. The van der Waals surface area contributed by atoms with Crippen molar-refractivity contribution in [1.29, 1.82) is 0 Å². The van der Waals surface area contributed by atoms with Crippen LogP contribution in [0.25, 0.3) is 11.1 Å². The molecule has 12 nitrogen and oxygen atoms in total. The largest absolute Gasteiger partial charge is 0.474 e. The van der Waals surface area contributed by atoms with E-state index in [1.54, 1.807) is 20.0 Å². The van der Waals surface area contributed by atoms with E-state index in [-0.39, 0.29) is 12.6 Å². The average Bonchev–Trinajstić information content (AvgIpc) is 3.40. The number of nitrogens with zero attached hydrogens (tertiary/aromatic N) is 3. The van der Waals surface area contributed by atoms with E-state index in [0.29, 0.717) is 11.6 Å². The van der Waals surface area contributed by atoms with Crippen molar-refractivity contribution in [3.05, 3.63) is 52.2 Å². The van der Waals surface area contributed by atoms with E-state index in [2.05, 4.69) is 33.3 Å². The Kier molecular flexibility index (Phi) is 10.2. The number of amides is 2. The number of aryl methyl sites for hydroxylation is 2. The second-order valence-electron chi connectivity index (χ2n) is 11.9. The first-order valence-corrected chi connectivity index (χ1v) is 15.9. The first-order valence-electron chi connectivity index (χ1n) is 14.4. The fraction of sp³-hybridized carbons (Fsp3) is 0.483. The quantitative estimate of drug-likeness (QED) is 0.199. The van der Waals surface area contributed by atoms with Crippen LogP contribution in [0.2, 0.25) is 5.31 Å². The molecule has 2 heterocycles. The fourth-order valence-corrected chi connectivity index (χ4v) is 5.86. The number of allylic oxidation sites excluding steroid dienone is 1. The molecule has 0 bridgehead atoms. The van der Waals surface area contributed by atoms with E-state index >= 15 is 0 Å². The molecule has 1 saturated heterocycles. The minimum absolute atomic E-state index is 0.0173. The number of nitrogens with two attached hydrogens (primary N) is 1. The van der Waals surface area contributed by atoms with Crippen LogP contribution in [0.4, 0.5) is 10.5 Å². The fourth-order valence-electron chi connectivity index (χ4n) is 5.21. The summed E-state index contributed by atoms with van der Waals surface area (Å²) >= 11 is 0. The topological polar surface area (TPSA) is 179 Å². The smallest absolute Gasteiger partial charge is 0.459 e. The zero-order chi connectivity index (χ0) is 31.4. The summed E-state index contributed by atoms with van der Waals surface area (Å²) in [6, 6.07) is 4.88. The van der Waals surface area contributed by atoms with E-state index in [1.165, 1.54) is 0 Å². The first-order chi connectivity index (χ1) is 20.3. The average molecular weight is 613 g/mol. The van der Waals surface area contributed by atoms with Gasteiger partial charge in [-0.3, -0.25) is 4.99 Å². The Morgan fingerprint density at radius 3 is 2.70 bits per heavy atom. The molecule has 1 aromatic carbocycles. The van der Waals surface area contributed by atoms with Gasteiger partial charge in [-0.1, -0.05) is 19.9 Å². The number of urea groups is 1. The van der Waals surface area contributed by atoms with Gasteiger partial charge in [-0.2, -0.15) is 8.42 Å². The second kappa shape index (κ2) is 13.5. The van der Waals surface area contributed by atoms with Crippen molar-refractivity contribution in [2.24, 2.45) is 10.7 Å². The Balaban J connectivity index is 1.55. The van der Waals surface area contributed by atoms with Crippen LogP contribution in [0.1, 0.15) is 49.8 Å². The molecular formula is C29H41BN6O6S. The predicted octanol–water partition coefficient (Wildman–Crippen LogP) is 2.59. The van der Waals surface area contributed by atoms with E-state index < -0.39 is 33.5 Å². The van der Waals surface area contributed by atoms with Crippen molar-refractivity contribution in [2.75, 3.05) is 32.0 Å². The van der Waals surface area contributed by atoms with Gasteiger partial charge in [0, 0.05) is 49.0 Å². The monoisotopic (exact) mass is 612 g/mol. The molecule has 1 aromatic heterocycles. The van der Waals surface area contributed by atoms with Gasteiger partial charge in [0.25, 0.3) is 10.0 Å². The van der Waals surface area contributed by atoms with Crippen molar-refractivity contribution in [3.63, 3.8) is 0 Å². The first kappa shape index (κ1) is 32.5. The Hall–Kier alpha value is -3.46. The molecule has 2 amide bonds. The lowest BCUT2D eigenvalue weighted by molar-refractivity contribution is 0.110. The number of likely N-dealkylation sites (tertiary alicyclic amines) is 1. The minimum atomic E-state index is -4.39. The lowest BCUT2D eigenvalue weighted by Crippen LogP contribution is -2.37. The van der Waals surface area contributed by atoms with Gasteiger partial charge in [-0.05, 0) is 80.5 Å². The molecular weight excluding hydrogens is 571 g/mol. The maximum atomic E-state index is 13.1. The number of pyridine rings is 1. The standard InChI is InChI=1S/C29H41BN6O6S/c1-19-16-20-6-5-7-23(20)27(26(19)21-8-13-33-25(17-21)42-22-10-14-36(4)15-11-22)34-28(37)35-43(40,41)24(31)9-12-32-18-29(2,3)30(38)39/h8-9,12-13,16-17,22,38-39H,5-7,10-11,14-15,18,31H2,1-4H3,(H2,34,35,37)/b24-9+,32-12?. The van der Waals surface area contributed by atoms with Gasteiger partial charge >= 0.3 is 13.1 Å². The molecule has 14 heteroatoms. The normalized spacial score (nSPS) is 16.7. The van der Waals surface area contributed by atoms with Crippen molar-refractivity contribution >= 4 is 35.1 Å². The number of aliphatic imine (C=N–C) groups is 1. The molecule has 0 atom stereocenters. The highest BCUT2D eigenvalue weighted by Crippen LogP contribution is 2.41. The molecule has 0 saturated carbocycles. The maximum Gasteiger partial charge on any atom is 0.459 e. The number of hydrogen-bond donors (Lipinski definition) is 5. The summed E-state index contributed by atoms with van der Waals surface area (Å²) < 4.78 is 33.8. The number of aromatic nitrogens is 1. The molecule has 232 valence electrons. The third-order valence-electron chi connectivity index (χ3n) is 7.89. The van der Waals surface area contributed by atoms with Gasteiger partial charge < -0.3 is 30.7 Å². The van der Waals surface area contributed by atoms with Crippen molar-refractivity contribution < 1.29 is 28.0 Å². The number of carbonyl (C=O) groups excluding carboxylic acids is 1. The van der Waals surface area contributed by atoms with Gasteiger partial charge in [-0.25, -0.2) is 14.5 Å². The van der Waals surface area contributed by atoms with Crippen LogP contribution in [0.15, 0.2) is 40.5 Å². The summed E-state index contributed by atoms with van der Waals surface area (Å²) in [6.45, 7) is 7.08. The molecule has 0 spiro atoms. The highest BCUT2D eigenvalue weighted by Gasteiger charge is 2.31. The second-order valence-corrected chi connectivity index (χ2v) is 13.6. The van der Waals surface area contributed by atoms with Crippen LogP contribution in [0.5, 0.6) is 5.88 Å². The van der Waals surface area contributed by atoms with Gasteiger partial charge in [0.1, 0.15) is 11.1 Å². The summed E-state index contributed by atoms with van der Waals surface area (Å²) in [4.78, 5) is 23.8. The van der Waals surface area contributed by atoms with Crippen molar-refractivity contribution in [2.45, 2.75) is 64.3 Å². The SMILES string of the molecule is Cc1cc2c(c(NC(=O)NS(=O)(=O)/C(N)=C/C=NCC(C)(C)B(O)O)c1-c1ccnc(OC3CCN(C)CC3)c1)CCC2. The third kappa shape index (κ3) is 8.14. The Bertz CT molecular complexity index is 1500. The molecule has 2 aliphatic rings. The van der Waals surface area contributed by atoms with Crippen molar-refractivity contribution in [1.82, 2.24) is 14.6 Å². The molecule has 6 N–H and O–H groups in total. The molecule has 43 heavy (non-hydrogen) atoms. The number of carbonyl (C=O) groups is 1. The number of ether oxygens (including phenoxy) is 1. The van der Waals surface area contributed by atoms with Crippen LogP contribution in [0, 0.1) is 6.92 Å². The van der Waals surface area contributed by atoms with E-state index in [0.717, 1.165) is 85.3 Å². The number of hydrogen-bond acceptors (Lipinski definition) is 10. The highest BCUT2D eigenvalue weighted by atomic mass is 32.2. The number of rotatable bonds is 10. The molecule has 2 aromatic rings. The number of sulfonamides is 1. The number of anilines is 1. The van der Waals surface area contributed by atoms with Crippen molar-refractivity contribution in [3.8, 4) is 17.0 Å². The third-order valence-corrected chi connectivity index (χ3v) is 9.10. The molecule has 0 radical (unpaired) electrons. The van der Waals surface area contributed by atoms with Crippen LogP contribution in [0.3, 0.4) is 0 Å². The van der Waals surface area contributed by atoms with Crippen LogP contribution < -0.4 is 20.5 Å². The number of benzene rings is 1. The van der Waals surface area contributed by atoms with Gasteiger partial charge in [0.2, 0.25) is 5.88 Å². The van der Waals surface area contributed by atoms with Gasteiger partial charge in [0.05, 0.1) is 5.69 Å². The molecule has 1 aliphatic carbocycles. The lowest BCUT2D eigenvalue weighted by Gasteiger charge is -2.29. The maximum absolute atomic E-state index is 13.1. The van der Waals surface area contributed by atoms with Crippen LogP contribution in [-0.4, -0.2) is 80.5 Å². The Labute approximate surface area is 253 Å². The van der Waals surface area contributed by atoms with E-state index in [9.17, 15) is 23.3 Å². The number of fused-ring (bicyclic) bond motifs is 1. The molecule has 1 fully saturated rings. The van der Waals surface area contributed by atoms with E-state index in [1.807, 2.05) is 23.8 Å². The van der Waals surface area contributed by atoms with E-state index in [4.69, 9.17) is 10.5 Å². The minimum Gasteiger partial charge on any atom is -0.474 e. The number of piperidine rings is 1. The summed E-state index contributed by atoms with van der Waals surface area (Å²) in [6.07, 6.45) is 8.29. The zero-order valence-electron chi connectivity index (χ0n) is 25.1. The summed E-state index contributed by atoms with van der Waals surface area (Å²) in [7, 11) is -3.89. The Morgan fingerprint density at radius 2 is 2.00 bits per heavy atom.